The number of carbonyl (C=O) groups excluding carboxylic acids is 1. The molecule has 1 N–H and O–H groups in total. The molecule has 31 heavy (non-hydrogen) atoms. The fraction of sp³-hybridized carbons (Fsp3) is 0.208. The molecule has 0 saturated carbocycles. The van der Waals surface area contributed by atoms with E-state index in [0.29, 0.717) is 22.5 Å². The number of para-hydroxylation sites is 2. The molecule has 0 saturated heterocycles. The minimum Gasteiger partial charge on any atom is -0.495 e. The molecule has 158 valence electrons. The number of amides is 1. The summed E-state index contributed by atoms with van der Waals surface area (Å²) in [5.74, 6) is -0.0225. The van der Waals surface area contributed by atoms with E-state index in [1.807, 2.05) is 43.3 Å². The number of rotatable bonds is 7. The van der Waals surface area contributed by atoms with Gasteiger partial charge in [-0.25, -0.2) is 0 Å². The number of thiazole rings is 1. The van der Waals surface area contributed by atoms with Crippen molar-refractivity contribution in [1.82, 2.24) is 9.88 Å². The lowest BCUT2D eigenvalue weighted by molar-refractivity contribution is -0.115. The Hall–Kier alpha value is -3.63. The standard InChI is InChI=1S/C24H23N3O3S/c1-3-4-14-26-22(28)18(16-25)24-27(19-12-8-9-13-20(19)30-2)23(29)21(31-24)15-17-10-6-5-7-11-17/h5-13,15H,3-4,14H2,1-2H3,(H,26,28)/b21-15-,24-18-. The Morgan fingerprint density at radius 3 is 2.58 bits per heavy atom. The summed E-state index contributed by atoms with van der Waals surface area (Å²) in [6.07, 6.45) is 3.48. The number of nitrogens with one attached hydrogen (secondary N) is 1. The van der Waals surface area contributed by atoms with E-state index >= 15 is 0 Å². The maximum atomic E-state index is 13.4. The number of nitrogens with zero attached hydrogens (tertiary/aromatic N) is 2. The highest BCUT2D eigenvalue weighted by Gasteiger charge is 2.18. The van der Waals surface area contributed by atoms with Crippen LogP contribution < -0.4 is 24.8 Å². The van der Waals surface area contributed by atoms with Crippen LogP contribution in [-0.4, -0.2) is 24.1 Å². The Kier molecular flexibility index (Phi) is 7.41. The van der Waals surface area contributed by atoms with E-state index in [9.17, 15) is 14.9 Å². The molecule has 6 nitrogen and oxygen atoms in total. The van der Waals surface area contributed by atoms with Gasteiger partial charge in [-0.05, 0) is 30.2 Å². The van der Waals surface area contributed by atoms with Crippen LogP contribution in [0.3, 0.4) is 0 Å². The normalized spacial score (nSPS) is 12.2. The fourth-order valence-electron chi connectivity index (χ4n) is 3.05. The van der Waals surface area contributed by atoms with Gasteiger partial charge in [0, 0.05) is 6.54 Å². The largest absolute Gasteiger partial charge is 0.495 e. The summed E-state index contributed by atoms with van der Waals surface area (Å²) < 4.78 is 7.51. The van der Waals surface area contributed by atoms with Gasteiger partial charge in [-0.3, -0.25) is 14.2 Å². The first-order valence-corrected chi connectivity index (χ1v) is 10.8. The van der Waals surface area contributed by atoms with Crippen LogP contribution >= 0.6 is 11.3 Å². The molecule has 0 fully saturated rings. The molecule has 3 aromatic rings. The van der Waals surface area contributed by atoms with Gasteiger partial charge in [0.15, 0.2) is 5.57 Å². The Morgan fingerprint density at radius 1 is 1.19 bits per heavy atom. The molecule has 0 radical (unpaired) electrons. The predicted octanol–water partition coefficient (Wildman–Crippen LogP) is 2.33. The van der Waals surface area contributed by atoms with Gasteiger partial charge in [-0.2, -0.15) is 5.26 Å². The molecular weight excluding hydrogens is 410 g/mol. The first kappa shape index (κ1) is 22.1. The van der Waals surface area contributed by atoms with Gasteiger partial charge in [-0.15, -0.1) is 11.3 Å². The van der Waals surface area contributed by atoms with Crippen molar-refractivity contribution in [2.45, 2.75) is 19.8 Å². The first-order valence-electron chi connectivity index (χ1n) is 9.95. The molecule has 2 aromatic carbocycles. The number of aromatic nitrogens is 1. The van der Waals surface area contributed by atoms with E-state index < -0.39 is 5.91 Å². The molecule has 7 heteroatoms. The lowest BCUT2D eigenvalue weighted by atomic mass is 10.2. The average molecular weight is 434 g/mol. The number of unbranched alkanes of at least 4 members (excludes halogenated alkanes) is 1. The minimum absolute atomic E-state index is 0.100. The second-order valence-corrected chi connectivity index (χ2v) is 7.77. The summed E-state index contributed by atoms with van der Waals surface area (Å²) in [5.41, 5.74) is 0.910. The summed E-state index contributed by atoms with van der Waals surface area (Å²) in [4.78, 5) is 26.1. The van der Waals surface area contributed by atoms with Gasteiger partial charge in [0.2, 0.25) is 0 Å². The van der Waals surface area contributed by atoms with Gasteiger partial charge in [-0.1, -0.05) is 55.8 Å². The topological polar surface area (TPSA) is 84.1 Å². The molecule has 0 unspecified atom stereocenters. The van der Waals surface area contributed by atoms with Crippen molar-refractivity contribution in [2.75, 3.05) is 13.7 Å². The van der Waals surface area contributed by atoms with Crippen molar-refractivity contribution in [3.63, 3.8) is 0 Å². The zero-order valence-electron chi connectivity index (χ0n) is 17.4. The van der Waals surface area contributed by atoms with Crippen LogP contribution in [0.25, 0.3) is 17.3 Å². The lowest BCUT2D eigenvalue weighted by Gasteiger charge is -2.09. The number of ether oxygens (including phenoxy) is 1. The van der Waals surface area contributed by atoms with Crippen LogP contribution in [0.2, 0.25) is 0 Å². The highest BCUT2D eigenvalue weighted by atomic mass is 32.1. The quantitative estimate of drug-likeness (QED) is 0.580. The van der Waals surface area contributed by atoms with E-state index in [-0.39, 0.29) is 15.8 Å². The number of methoxy groups -OCH3 is 1. The molecule has 3 rings (SSSR count). The molecule has 0 aliphatic heterocycles. The molecule has 0 spiro atoms. The second kappa shape index (κ2) is 10.4. The molecule has 1 aromatic heterocycles. The van der Waals surface area contributed by atoms with Crippen LogP contribution in [0, 0.1) is 11.3 Å². The third kappa shape index (κ3) is 4.93. The Morgan fingerprint density at radius 2 is 1.90 bits per heavy atom. The van der Waals surface area contributed by atoms with E-state index in [0.717, 1.165) is 29.7 Å². The van der Waals surface area contributed by atoms with Crippen LogP contribution in [-0.2, 0) is 4.79 Å². The van der Waals surface area contributed by atoms with E-state index in [2.05, 4.69) is 5.32 Å². The van der Waals surface area contributed by atoms with Crippen molar-refractivity contribution in [2.24, 2.45) is 0 Å². The number of hydrogen-bond donors (Lipinski definition) is 1. The molecule has 0 atom stereocenters. The van der Waals surface area contributed by atoms with Gasteiger partial charge < -0.3 is 10.1 Å². The number of hydrogen-bond acceptors (Lipinski definition) is 5. The van der Waals surface area contributed by atoms with Crippen molar-refractivity contribution in [3.8, 4) is 17.5 Å². The maximum absolute atomic E-state index is 13.4. The summed E-state index contributed by atoms with van der Waals surface area (Å²) in [6.45, 7) is 2.49. The summed E-state index contributed by atoms with van der Waals surface area (Å²) in [5, 5.41) is 12.6. The number of benzene rings is 2. The van der Waals surface area contributed by atoms with Crippen molar-refractivity contribution in [1.29, 1.82) is 5.26 Å². The highest BCUT2D eigenvalue weighted by molar-refractivity contribution is 7.07. The summed E-state index contributed by atoms with van der Waals surface area (Å²) in [6, 6.07) is 18.5. The van der Waals surface area contributed by atoms with Crippen molar-refractivity contribution in [3.05, 3.63) is 79.7 Å². The monoisotopic (exact) mass is 433 g/mol. The van der Waals surface area contributed by atoms with Gasteiger partial charge >= 0.3 is 0 Å². The minimum atomic E-state index is -0.493. The smallest absolute Gasteiger partial charge is 0.273 e. The molecule has 0 bridgehead atoms. The first-order chi connectivity index (χ1) is 15.1. The van der Waals surface area contributed by atoms with E-state index in [4.69, 9.17) is 4.74 Å². The van der Waals surface area contributed by atoms with Crippen LogP contribution in [0.5, 0.6) is 5.75 Å². The van der Waals surface area contributed by atoms with Crippen LogP contribution in [0.4, 0.5) is 0 Å². The van der Waals surface area contributed by atoms with E-state index in [1.54, 1.807) is 30.3 Å². The number of nitriles is 1. The van der Waals surface area contributed by atoms with Crippen molar-refractivity contribution < 1.29 is 9.53 Å². The van der Waals surface area contributed by atoms with Gasteiger partial charge in [0.1, 0.15) is 16.5 Å². The summed E-state index contributed by atoms with van der Waals surface area (Å²) in [7, 11) is 1.51. The maximum Gasteiger partial charge on any atom is 0.273 e. The van der Waals surface area contributed by atoms with Crippen LogP contribution in [0.1, 0.15) is 25.3 Å². The SMILES string of the molecule is CCCCNC(=O)/C(C#N)=c1\s/c(=C\c2ccccc2)c(=O)n1-c1ccccc1OC. The van der Waals surface area contributed by atoms with Crippen molar-refractivity contribution >= 4 is 28.9 Å². The van der Waals surface area contributed by atoms with Gasteiger partial charge in [0.05, 0.1) is 17.3 Å². The number of carbonyl (C=O) groups is 1. The Balaban J connectivity index is 2.33. The highest BCUT2D eigenvalue weighted by Crippen LogP contribution is 2.19. The third-order valence-electron chi connectivity index (χ3n) is 4.62. The molecule has 0 aliphatic carbocycles. The third-order valence-corrected chi connectivity index (χ3v) is 5.71. The zero-order chi connectivity index (χ0) is 22.2. The second-order valence-electron chi connectivity index (χ2n) is 6.74. The summed E-state index contributed by atoms with van der Waals surface area (Å²) >= 11 is 1.11. The van der Waals surface area contributed by atoms with Gasteiger partial charge in [0.25, 0.3) is 11.5 Å². The molecular formula is C24H23N3O3S. The molecule has 1 amide bonds. The van der Waals surface area contributed by atoms with E-state index in [1.165, 1.54) is 11.7 Å². The predicted molar refractivity (Wildman–Crippen MR) is 123 cm³/mol. The Bertz CT molecular complexity index is 1280. The molecule has 0 aliphatic rings. The average Bonchev–Trinajstić information content (AvgIpc) is 3.10. The zero-order valence-corrected chi connectivity index (χ0v) is 18.2. The molecule has 1 heterocycles. The van der Waals surface area contributed by atoms with Crippen LogP contribution in [0.15, 0.2) is 59.4 Å². The lowest BCUT2D eigenvalue weighted by Crippen LogP contribution is -2.34. The fourth-order valence-corrected chi connectivity index (χ4v) is 4.14. The Labute approximate surface area is 184 Å².